The number of rotatable bonds is 9. The highest BCUT2D eigenvalue weighted by Crippen LogP contribution is 2.23. The number of hydrogen-bond acceptors (Lipinski definition) is 4. The summed E-state index contributed by atoms with van der Waals surface area (Å²) in [7, 11) is 1.41. The summed E-state index contributed by atoms with van der Waals surface area (Å²) >= 11 is 3.47. The van der Waals surface area contributed by atoms with Gasteiger partial charge in [-0.05, 0) is 37.6 Å². The SMILES string of the molecule is CCCOc1ccc(Br)cc1CNCCCC(=O)OC. The monoisotopic (exact) mass is 343 g/mol. The highest BCUT2D eigenvalue weighted by atomic mass is 79.9. The summed E-state index contributed by atoms with van der Waals surface area (Å²) in [6.07, 6.45) is 2.20. The van der Waals surface area contributed by atoms with Gasteiger partial charge in [-0.1, -0.05) is 22.9 Å². The quantitative estimate of drug-likeness (QED) is 0.552. The van der Waals surface area contributed by atoms with Gasteiger partial charge in [-0.25, -0.2) is 0 Å². The minimum atomic E-state index is -0.166. The summed E-state index contributed by atoms with van der Waals surface area (Å²) in [5.74, 6) is 0.747. The molecular formula is C15H22BrNO3. The lowest BCUT2D eigenvalue weighted by molar-refractivity contribution is -0.140. The van der Waals surface area contributed by atoms with Gasteiger partial charge in [0.15, 0.2) is 0 Å². The molecule has 0 atom stereocenters. The third-order valence-electron chi connectivity index (χ3n) is 2.76. The number of hydrogen-bond donors (Lipinski definition) is 1. The van der Waals surface area contributed by atoms with Gasteiger partial charge in [0.2, 0.25) is 0 Å². The van der Waals surface area contributed by atoms with Gasteiger partial charge in [0.1, 0.15) is 5.75 Å². The average Bonchev–Trinajstić information content (AvgIpc) is 2.45. The lowest BCUT2D eigenvalue weighted by atomic mass is 10.2. The van der Waals surface area contributed by atoms with Gasteiger partial charge in [-0.15, -0.1) is 0 Å². The van der Waals surface area contributed by atoms with Crippen LogP contribution in [-0.2, 0) is 16.1 Å². The van der Waals surface area contributed by atoms with Gasteiger partial charge in [0.05, 0.1) is 13.7 Å². The smallest absolute Gasteiger partial charge is 0.305 e. The summed E-state index contributed by atoms with van der Waals surface area (Å²) in [5.41, 5.74) is 1.12. The van der Waals surface area contributed by atoms with Crippen LogP contribution in [0.4, 0.5) is 0 Å². The molecule has 0 radical (unpaired) electrons. The van der Waals surface area contributed by atoms with Crippen molar-refractivity contribution in [2.75, 3.05) is 20.3 Å². The molecule has 112 valence electrons. The number of nitrogens with one attached hydrogen (secondary N) is 1. The van der Waals surface area contributed by atoms with Crippen molar-refractivity contribution < 1.29 is 14.3 Å². The first kappa shape index (κ1) is 17.0. The van der Waals surface area contributed by atoms with E-state index in [0.29, 0.717) is 6.42 Å². The van der Waals surface area contributed by atoms with E-state index in [1.807, 2.05) is 12.1 Å². The van der Waals surface area contributed by atoms with Crippen LogP contribution in [0.15, 0.2) is 22.7 Å². The topological polar surface area (TPSA) is 47.6 Å². The number of ether oxygens (including phenoxy) is 2. The lowest BCUT2D eigenvalue weighted by Crippen LogP contribution is -2.17. The number of esters is 1. The molecule has 0 fully saturated rings. The van der Waals surface area contributed by atoms with Crippen molar-refractivity contribution in [1.29, 1.82) is 0 Å². The van der Waals surface area contributed by atoms with Crippen molar-refractivity contribution in [3.63, 3.8) is 0 Å². The molecule has 1 rings (SSSR count). The Morgan fingerprint density at radius 1 is 1.40 bits per heavy atom. The zero-order valence-corrected chi connectivity index (χ0v) is 13.7. The van der Waals surface area contributed by atoms with Crippen LogP contribution in [0.5, 0.6) is 5.75 Å². The number of halogens is 1. The van der Waals surface area contributed by atoms with Crippen molar-refractivity contribution in [2.45, 2.75) is 32.7 Å². The van der Waals surface area contributed by atoms with E-state index in [1.165, 1.54) is 7.11 Å². The molecule has 0 bridgehead atoms. The zero-order valence-electron chi connectivity index (χ0n) is 12.1. The summed E-state index contributed by atoms with van der Waals surface area (Å²) in [4.78, 5) is 11.0. The maximum atomic E-state index is 11.0. The van der Waals surface area contributed by atoms with Crippen molar-refractivity contribution in [1.82, 2.24) is 5.32 Å². The summed E-state index contributed by atoms with van der Waals surface area (Å²) in [6.45, 7) is 4.30. The standard InChI is InChI=1S/C15H22BrNO3/c1-3-9-20-14-7-6-13(16)10-12(14)11-17-8-4-5-15(18)19-2/h6-7,10,17H,3-5,8-9,11H2,1-2H3. The van der Waals surface area contributed by atoms with E-state index in [-0.39, 0.29) is 5.97 Å². The Hall–Kier alpha value is -1.07. The normalized spacial score (nSPS) is 10.3. The summed E-state index contributed by atoms with van der Waals surface area (Å²) in [6, 6.07) is 6.01. The molecule has 0 saturated carbocycles. The van der Waals surface area contributed by atoms with E-state index >= 15 is 0 Å². The van der Waals surface area contributed by atoms with Crippen molar-refractivity contribution >= 4 is 21.9 Å². The summed E-state index contributed by atoms with van der Waals surface area (Å²) in [5, 5.41) is 3.32. The second-order valence-electron chi connectivity index (χ2n) is 4.46. The first-order valence-corrected chi connectivity index (χ1v) is 7.65. The predicted octanol–water partition coefficient (Wildman–Crippen LogP) is 3.28. The van der Waals surface area contributed by atoms with Gasteiger partial charge in [-0.2, -0.15) is 0 Å². The molecule has 0 saturated heterocycles. The number of carbonyl (C=O) groups excluding carboxylic acids is 1. The van der Waals surface area contributed by atoms with Gasteiger partial charge < -0.3 is 14.8 Å². The van der Waals surface area contributed by atoms with Crippen molar-refractivity contribution in [3.8, 4) is 5.75 Å². The van der Waals surface area contributed by atoms with E-state index in [2.05, 4.69) is 39.0 Å². The first-order valence-electron chi connectivity index (χ1n) is 6.86. The minimum Gasteiger partial charge on any atom is -0.493 e. The molecule has 0 aliphatic carbocycles. The number of carbonyl (C=O) groups is 1. The second kappa shape index (κ2) is 9.77. The van der Waals surface area contributed by atoms with Gasteiger partial charge in [0, 0.05) is 23.0 Å². The van der Waals surface area contributed by atoms with Crippen LogP contribution in [0, 0.1) is 0 Å². The third kappa shape index (κ3) is 6.39. The van der Waals surface area contributed by atoms with E-state index in [1.54, 1.807) is 0 Å². The molecule has 0 amide bonds. The molecule has 0 aliphatic heterocycles. The Morgan fingerprint density at radius 2 is 2.20 bits per heavy atom. The van der Waals surface area contributed by atoms with Crippen molar-refractivity contribution in [3.05, 3.63) is 28.2 Å². The number of benzene rings is 1. The molecule has 0 aliphatic rings. The van der Waals surface area contributed by atoms with Crippen LogP contribution in [0.2, 0.25) is 0 Å². The maximum absolute atomic E-state index is 11.0. The van der Waals surface area contributed by atoms with Crippen LogP contribution in [0.1, 0.15) is 31.7 Å². The van der Waals surface area contributed by atoms with E-state index in [0.717, 1.165) is 48.3 Å². The Bertz CT molecular complexity index is 424. The highest BCUT2D eigenvalue weighted by Gasteiger charge is 2.05. The second-order valence-corrected chi connectivity index (χ2v) is 5.37. The van der Waals surface area contributed by atoms with Crippen LogP contribution in [0.3, 0.4) is 0 Å². The van der Waals surface area contributed by atoms with Gasteiger partial charge in [-0.3, -0.25) is 4.79 Å². The molecular weight excluding hydrogens is 322 g/mol. The molecule has 1 aromatic carbocycles. The third-order valence-corrected chi connectivity index (χ3v) is 3.26. The lowest BCUT2D eigenvalue weighted by Gasteiger charge is -2.12. The Morgan fingerprint density at radius 3 is 2.90 bits per heavy atom. The fraction of sp³-hybridized carbons (Fsp3) is 0.533. The van der Waals surface area contributed by atoms with E-state index in [9.17, 15) is 4.79 Å². The average molecular weight is 344 g/mol. The van der Waals surface area contributed by atoms with Gasteiger partial charge >= 0.3 is 5.97 Å². The van der Waals surface area contributed by atoms with Crippen LogP contribution in [-0.4, -0.2) is 26.2 Å². The number of methoxy groups -OCH3 is 1. The molecule has 0 heterocycles. The zero-order chi connectivity index (χ0) is 14.8. The fourth-order valence-corrected chi connectivity index (χ4v) is 2.13. The molecule has 1 aromatic rings. The molecule has 1 N–H and O–H groups in total. The Kier molecular flexibility index (Phi) is 8.30. The molecule has 20 heavy (non-hydrogen) atoms. The van der Waals surface area contributed by atoms with Crippen LogP contribution in [0.25, 0.3) is 0 Å². The maximum Gasteiger partial charge on any atom is 0.305 e. The van der Waals surface area contributed by atoms with Crippen LogP contribution < -0.4 is 10.1 Å². The Balaban J connectivity index is 2.41. The predicted molar refractivity (Wildman–Crippen MR) is 82.9 cm³/mol. The first-order chi connectivity index (χ1) is 9.67. The summed E-state index contributed by atoms with van der Waals surface area (Å²) < 4.78 is 11.4. The molecule has 0 aromatic heterocycles. The van der Waals surface area contributed by atoms with Crippen LogP contribution >= 0.6 is 15.9 Å². The molecule has 5 heteroatoms. The molecule has 0 unspecified atom stereocenters. The molecule has 4 nitrogen and oxygen atoms in total. The molecule has 0 spiro atoms. The Labute approximate surface area is 129 Å². The van der Waals surface area contributed by atoms with E-state index < -0.39 is 0 Å². The fourth-order valence-electron chi connectivity index (χ4n) is 1.72. The van der Waals surface area contributed by atoms with Gasteiger partial charge in [0.25, 0.3) is 0 Å². The van der Waals surface area contributed by atoms with Crippen molar-refractivity contribution in [2.24, 2.45) is 0 Å². The highest BCUT2D eigenvalue weighted by molar-refractivity contribution is 9.10. The minimum absolute atomic E-state index is 0.166. The van der Waals surface area contributed by atoms with E-state index in [4.69, 9.17) is 4.74 Å². The largest absolute Gasteiger partial charge is 0.493 e.